The van der Waals surface area contributed by atoms with E-state index in [-0.39, 0.29) is 0 Å². The van der Waals surface area contributed by atoms with Crippen molar-refractivity contribution in [3.63, 3.8) is 0 Å². The summed E-state index contributed by atoms with van der Waals surface area (Å²) in [5.41, 5.74) is 6.45. The molecule has 0 atom stereocenters. The van der Waals surface area contributed by atoms with Crippen LogP contribution in [0, 0.1) is 5.41 Å². The second kappa shape index (κ2) is 3.63. The first-order chi connectivity index (χ1) is 2.41. The molecular weight excluding hydrogens is 64.0 g/mol. The molecule has 0 aliphatic carbocycles. The topological polar surface area (TPSA) is 47.7 Å². The fourth-order valence-corrected chi connectivity index (χ4v) is 0.0722. The Balaban J connectivity index is 2.40. The van der Waals surface area contributed by atoms with Gasteiger partial charge in [0.15, 0.2) is 0 Å². The molecule has 0 amide bonds. The molecule has 0 rings (SSSR count). The average molecular weight is 71.1 g/mol. The molecule has 2 N–H and O–H groups in total. The van der Waals surface area contributed by atoms with E-state index in [1.165, 1.54) is 6.21 Å². The van der Waals surface area contributed by atoms with Crippen LogP contribution in [-0.2, 0) is 0 Å². The summed E-state index contributed by atoms with van der Waals surface area (Å²) in [5, 5.41) is 6.36. The molecule has 0 saturated heterocycles. The summed E-state index contributed by atoms with van der Waals surface area (Å²) in [4.78, 5) is 0. The lowest BCUT2D eigenvalue weighted by Crippen LogP contribution is -1.71. The van der Waals surface area contributed by atoms with Gasteiger partial charge in [-0.25, -0.2) is 0 Å². The molecule has 0 unspecified atom stereocenters. The Morgan fingerprint density at radius 3 is 2.40 bits per heavy atom. The molecule has 5 heavy (non-hydrogen) atoms. The van der Waals surface area contributed by atoms with Gasteiger partial charge in [-0.3, -0.25) is 0 Å². The van der Waals surface area contributed by atoms with Crippen LogP contribution in [0.5, 0.6) is 0 Å². The van der Waals surface area contributed by atoms with Gasteiger partial charge in [-0.15, -0.1) is 6.54 Å². The molecule has 0 aromatic carbocycles. The van der Waals surface area contributed by atoms with Crippen molar-refractivity contribution in [2.75, 3.05) is 6.54 Å². The molecule has 0 saturated carbocycles. The summed E-state index contributed by atoms with van der Waals surface area (Å²) in [7, 11) is 0. The van der Waals surface area contributed by atoms with Crippen LogP contribution in [-0.4, -0.2) is 12.8 Å². The Bertz CT molecular complexity index is 26.1. The summed E-state index contributed by atoms with van der Waals surface area (Å²) < 4.78 is 0. The zero-order valence-electron chi connectivity index (χ0n) is 2.99. The minimum absolute atomic E-state index is 0.351. The lowest BCUT2D eigenvalue weighted by Gasteiger charge is -1.85. The second-order valence-corrected chi connectivity index (χ2v) is 0.743. The van der Waals surface area contributed by atoms with E-state index in [0.29, 0.717) is 13.0 Å². The smallest absolute Gasteiger partial charge is 0.00649 e. The third kappa shape index (κ3) is 3.63. The van der Waals surface area contributed by atoms with E-state index in [1.807, 2.05) is 0 Å². The van der Waals surface area contributed by atoms with Crippen LogP contribution in [0.15, 0.2) is 0 Å². The predicted octanol–water partition coefficient (Wildman–Crippen LogP) is 1.08. The fraction of sp³-hybridized carbons (Fsp3) is 0.667. The van der Waals surface area contributed by atoms with Crippen molar-refractivity contribution < 1.29 is 0 Å². The highest BCUT2D eigenvalue weighted by atomic mass is 14.5. The van der Waals surface area contributed by atoms with Crippen LogP contribution in [0.4, 0.5) is 0 Å². The minimum atomic E-state index is 0.351. The predicted molar refractivity (Wildman–Crippen MR) is 22.6 cm³/mol. The second-order valence-electron chi connectivity index (χ2n) is 0.743. The van der Waals surface area contributed by atoms with E-state index in [2.05, 4.69) is 0 Å². The van der Waals surface area contributed by atoms with Gasteiger partial charge in [-0.2, -0.15) is 0 Å². The van der Waals surface area contributed by atoms with E-state index in [9.17, 15) is 0 Å². The number of hydrogen-bond acceptors (Lipinski definition) is 1. The maximum atomic E-state index is 6.45. The third-order valence-corrected chi connectivity index (χ3v) is 0.289. The minimum Gasteiger partial charge on any atom is -0.677 e. The quantitative estimate of drug-likeness (QED) is 0.473. The van der Waals surface area contributed by atoms with Gasteiger partial charge < -0.3 is 11.1 Å². The van der Waals surface area contributed by atoms with Crippen molar-refractivity contribution in [2.45, 2.75) is 6.42 Å². The van der Waals surface area contributed by atoms with Crippen LogP contribution in [0.2, 0.25) is 0 Å². The molecule has 0 bridgehead atoms. The van der Waals surface area contributed by atoms with Crippen molar-refractivity contribution in [3.05, 3.63) is 5.73 Å². The Hall–Kier alpha value is -0.370. The number of rotatable bonds is 2. The van der Waals surface area contributed by atoms with Gasteiger partial charge in [0, 0.05) is 0 Å². The zero-order valence-corrected chi connectivity index (χ0v) is 2.99. The first kappa shape index (κ1) is 4.63. The molecule has 0 radical (unpaired) electrons. The monoisotopic (exact) mass is 71.1 g/mol. The fourth-order valence-electron chi connectivity index (χ4n) is 0.0722. The van der Waals surface area contributed by atoms with Gasteiger partial charge >= 0.3 is 0 Å². The Morgan fingerprint density at radius 2 is 2.40 bits per heavy atom. The first-order valence-electron chi connectivity index (χ1n) is 1.55. The van der Waals surface area contributed by atoms with Crippen molar-refractivity contribution >= 4 is 6.21 Å². The molecular formula is C3H7N2-. The van der Waals surface area contributed by atoms with Crippen LogP contribution >= 0.6 is 0 Å². The van der Waals surface area contributed by atoms with Gasteiger partial charge in [0.1, 0.15) is 0 Å². The van der Waals surface area contributed by atoms with E-state index < -0.39 is 0 Å². The van der Waals surface area contributed by atoms with Gasteiger partial charge in [0.25, 0.3) is 0 Å². The van der Waals surface area contributed by atoms with E-state index >= 15 is 0 Å². The molecule has 0 fully saturated rings. The summed E-state index contributed by atoms with van der Waals surface area (Å²) in [6.07, 6.45) is 1.84. The summed E-state index contributed by atoms with van der Waals surface area (Å²) in [5.74, 6) is 0. The van der Waals surface area contributed by atoms with Crippen molar-refractivity contribution in [1.29, 1.82) is 5.41 Å². The van der Waals surface area contributed by atoms with Crippen LogP contribution in [0.1, 0.15) is 6.42 Å². The van der Waals surface area contributed by atoms with E-state index in [0.717, 1.165) is 0 Å². The molecule has 0 heterocycles. The maximum absolute atomic E-state index is 6.45. The summed E-state index contributed by atoms with van der Waals surface area (Å²) >= 11 is 0. The van der Waals surface area contributed by atoms with E-state index in [4.69, 9.17) is 11.1 Å². The number of hydrogen-bond donors (Lipinski definition) is 1. The molecule has 0 spiro atoms. The normalized spacial score (nSPS) is 7.40. The van der Waals surface area contributed by atoms with Gasteiger partial charge in [-0.05, 0) is 12.6 Å². The lowest BCUT2D eigenvalue weighted by atomic mass is 10.5. The molecule has 0 aliphatic heterocycles. The molecule has 2 nitrogen and oxygen atoms in total. The highest BCUT2D eigenvalue weighted by molar-refractivity contribution is 5.53. The van der Waals surface area contributed by atoms with Crippen molar-refractivity contribution in [1.82, 2.24) is 0 Å². The van der Waals surface area contributed by atoms with Gasteiger partial charge in [-0.1, -0.05) is 0 Å². The first-order valence-corrected chi connectivity index (χ1v) is 1.55. The highest BCUT2D eigenvalue weighted by Gasteiger charge is 1.55. The third-order valence-electron chi connectivity index (χ3n) is 0.289. The zero-order chi connectivity index (χ0) is 4.12. The van der Waals surface area contributed by atoms with Crippen LogP contribution in [0.25, 0.3) is 5.73 Å². The lowest BCUT2D eigenvalue weighted by molar-refractivity contribution is 1.22. The Labute approximate surface area is 31.5 Å². The maximum Gasteiger partial charge on any atom is -0.00649 e. The summed E-state index contributed by atoms with van der Waals surface area (Å²) in [6.45, 7) is 0.351. The van der Waals surface area contributed by atoms with Crippen LogP contribution in [0.3, 0.4) is 0 Å². The average Bonchev–Trinajstić information content (AvgIpc) is 1.41. The molecule has 30 valence electrons. The number of nitrogens with one attached hydrogen (secondary N) is 2. The van der Waals surface area contributed by atoms with E-state index in [1.54, 1.807) is 0 Å². The van der Waals surface area contributed by atoms with Crippen molar-refractivity contribution in [2.24, 2.45) is 0 Å². The summed E-state index contributed by atoms with van der Waals surface area (Å²) in [6, 6.07) is 0. The standard InChI is InChI=1S/C3H7N2/c4-2-1-3-5/h2,4-5H,1,3H2/q-1. The van der Waals surface area contributed by atoms with Gasteiger partial charge in [0.2, 0.25) is 0 Å². The largest absolute Gasteiger partial charge is 0.677 e. The molecule has 2 heteroatoms. The SMILES string of the molecule is N=CCC[NH-]. The molecule has 0 aromatic rings. The highest BCUT2D eigenvalue weighted by Crippen LogP contribution is 1.66. The Morgan fingerprint density at radius 1 is 1.80 bits per heavy atom. The molecule has 0 aliphatic rings. The van der Waals surface area contributed by atoms with Crippen molar-refractivity contribution in [3.8, 4) is 0 Å². The Kier molecular flexibility index (Phi) is 3.36. The molecule has 0 aromatic heterocycles. The van der Waals surface area contributed by atoms with Gasteiger partial charge in [0.05, 0.1) is 0 Å². The van der Waals surface area contributed by atoms with Crippen LogP contribution < -0.4 is 0 Å².